The van der Waals surface area contributed by atoms with E-state index in [1.807, 2.05) is 6.92 Å². The van der Waals surface area contributed by atoms with E-state index in [-0.39, 0.29) is 11.9 Å². The van der Waals surface area contributed by atoms with Crippen LogP contribution in [-0.4, -0.2) is 17.6 Å². The molecule has 4 heteroatoms. The van der Waals surface area contributed by atoms with Gasteiger partial charge in [-0.2, -0.15) is 0 Å². The van der Waals surface area contributed by atoms with Gasteiger partial charge in [-0.25, -0.2) is 0 Å². The minimum atomic E-state index is -0.200. The van der Waals surface area contributed by atoms with E-state index < -0.39 is 0 Å². The summed E-state index contributed by atoms with van der Waals surface area (Å²) < 4.78 is 4.87. The number of esters is 1. The number of carbonyl (C=O) groups excluding carboxylic acids is 1. The fraction of sp³-hybridized carbons (Fsp3) is 0.455. The Morgan fingerprint density at radius 1 is 1.67 bits per heavy atom. The molecular weight excluding hydrogens is 192 g/mol. The highest BCUT2D eigenvalue weighted by Gasteiger charge is 2.13. The lowest BCUT2D eigenvalue weighted by Gasteiger charge is -2.10. The summed E-state index contributed by atoms with van der Waals surface area (Å²) in [5, 5.41) is 0. The van der Waals surface area contributed by atoms with Crippen LogP contribution >= 0.6 is 0 Å². The van der Waals surface area contributed by atoms with Crippen LogP contribution in [0, 0.1) is 0 Å². The summed E-state index contributed by atoms with van der Waals surface area (Å²) in [4.78, 5) is 15.4. The highest BCUT2D eigenvalue weighted by molar-refractivity contribution is 5.70. The first-order valence-electron chi connectivity index (χ1n) is 5.00. The Labute approximate surface area is 89.5 Å². The zero-order chi connectivity index (χ0) is 11.3. The van der Waals surface area contributed by atoms with Crippen molar-refractivity contribution in [2.75, 3.05) is 12.3 Å². The van der Waals surface area contributed by atoms with Gasteiger partial charge in [0, 0.05) is 23.5 Å². The Balaban J connectivity index is 2.60. The third-order valence-electron chi connectivity index (χ3n) is 2.09. The molecule has 0 spiro atoms. The number of hydrogen-bond donors (Lipinski definition) is 1. The zero-order valence-corrected chi connectivity index (χ0v) is 9.06. The topological polar surface area (TPSA) is 65.2 Å². The Bertz CT molecular complexity index is 339. The smallest absolute Gasteiger partial charge is 0.306 e. The number of pyridine rings is 1. The number of rotatable bonds is 4. The van der Waals surface area contributed by atoms with E-state index in [2.05, 4.69) is 4.98 Å². The standard InChI is InChI=1S/C11H16N2O2/c1-3-15-11(14)6-8(2)10-7-9(12)4-5-13-10/h4-5,7-8H,3,6H2,1-2H3,(H2,12,13). The predicted octanol–water partition coefficient (Wildman–Crippen LogP) is 1.72. The summed E-state index contributed by atoms with van der Waals surface area (Å²) >= 11 is 0. The zero-order valence-electron chi connectivity index (χ0n) is 9.06. The van der Waals surface area contributed by atoms with Gasteiger partial charge in [0.15, 0.2) is 0 Å². The molecule has 0 bridgehead atoms. The largest absolute Gasteiger partial charge is 0.466 e. The molecule has 0 aromatic carbocycles. The first-order valence-corrected chi connectivity index (χ1v) is 5.00. The van der Waals surface area contributed by atoms with Crippen LogP contribution in [0.5, 0.6) is 0 Å². The van der Waals surface area contributed by atoms with Crippen LogP contribution in [0.2, 0.25) is 0 Å². The van der Waals surface area contributed by atoms with Gasteiger partial charge in [0.1, 0.15) is 0 Å². The summed E-state index contributed by atoms with van der Waals surface area (Å²) in [6, 6.07) is 3.50. The molecule has 0 aliphatic carbocycles. The number of nitrogens with two attached hydrogens (primary N) is 1. The van der Waals surface area contributed by atoms with Gasteiger partial charge >= 0.3 is 5.97 Å². The average Bonchev–Trinajstić information content (AvgIpc) is 2.18. The summed E-state index contributed by atoms with van der Waals surface area (Å²) in [6.45, 7) is 4.13. The van der Waals surface area contributed by atoms with Crippen molar-refractivity contribution in [3.8, 4) is 0 Å². The molecule has 82 valence electrons. The number of aromatic nitrogens is 1. The van der Waals surface area contributed by atoms with Crippen LogP contribution < -0.4 is 5.73 Å². The lowest BCUT2D eigenvalue weighted by atomic mass is 10.0. The highest BCUT2D eigenvalue weighted by atomic mass is 16.5. The summed E-state index contributed by atoms with van der Waals surface area (Å²) in [5.74, 6) is -0.165. The number of anilines is 1. The maximum atomic E-state index is 11.2. The molecule has 0 saturated carbocycles. The highest BCUT2D eigenvalue weighted by Crippen LogP contribution is 2.18. The first-order chi connectivity index (χ1) is 7.13. The molecule has 2 N–H and O–H groups in total. The van der Waals surface area contributed by atoms with E-state index in [1.165, 1.54) is 0 Å². The number of nitrogens with zero attached hydrogens (tertiary/aromatic N) is 1. The second-order valence-corrected chi connectivity index (χ2v) is 3.42. The van der Waals surface area contributed by atoms with Crippen LogP contribution in [0.15, 0.2) is 18.3 Å². The molecule has 0 aliphatic rings. The molecule has 0 aliphatic heterocycles. The van der Waals surface area contributed by atoms with E-state index in [9.17, 15) is 4.79 Å². The van der Waals surface area contributed by atoms with Gasteiger partial charge in [-0.15, -0.1) is 0 Å². The van der Waals surface area contributed by atoms with Gasteiger partial charge in [-0.3, -0.25) is 9.78 Å². The minimum Gasteiger partial charge on any atom is -0.466 e. The molecule has 0 saturated heterocycles. The van der Waals surface area contributed by atoms with Crippen molar-refractivity contribution < 1.29 is 9.53 Å². The van der Waals surface area contributed by atoms with Crippen LogP contribution in [0.1, 0.15) is 31.9 Å². The molecule has 0 amide bonds. The molecule has 1 atom stereocenters. The van der Waals surface area contributed by atoms with Crippen molar-refractivity contribution in [3.63, 3.8) is 0 Å². The minimum absolute atomic E-state index is 0.0348. The number of hydrogen-bond acceptors (Lipinski definition) is 4. The Hall–Kier alpha value is -1.58. The maximum Gasteiger partial charge on any atom is 0.306 e. The van der Waals surface area contributed by atoms with Gasteiger partial charge < -0.3 is 10.5 Å². The molecule has 1 aromatic rings. The van der Waals surface area contributed by atoms with Crippen LogP contribution in [0.3, 0.4) is 0 Å². The van der Waals surface area contributed by atoms with E-state index in [4.69, 9.17) is 10.5 Å². The number of ether oxygens (including phenoxy) is 1. The molecule has 1 aromatic heterocycles. The van der Waals surface area contributed by atoms with Crippen LogP contribution in [0.4, 0.5) is 5.69 Å². The van der Waals surface area contributed by atoms with E-state index in [0.29, 0.717) is 18.7 Å². The third kappa shape index (κ3) is 3.58. The Morgan fingerprint density at radius 3 is 3.00 bits per heavy atom. The average molecular weight is 208 g/mol. The molecule has 1 unspecified atom stereocenters. The molecule has 4 nitrogen and oxygen atoms in total. The summed E-state index contributed by atoms with van der Waals surface area (Å²) in [6.07, 6.45) is 1.98. The summed E-state index contributed by atoms with van der Waals surface area (Å²) in [7, 11) is 0. The fourth-order valence-corrected chi connectivity index (χ4v) is 1.31. The fourth-order valence-electron chi connectivity index (χ4n) is 1.31. The van der Waals surface area contributed by atoms with Crippen molar-refractivity contribution in [3.05, 3.63) is 24.0 Å². The number of carbonyl (C=O) groups is 1. The second kappa shape index (κ2) is 5.34. The van der Waals surface area contributed by atoms with Crippen LogP contribution in [0.25, 0.3) is 0 Å². The lowest BCUT2D eigenvalue weighted by Crippen LogP contribution is -2.09. The molecule has 1 rings (SSSR count). The molecule has 0 fully saturated rings. The van der Waals surface area contributed by atoms with Gasteiger partial charge in [0.2, 0.25) is 0 Å². The number of nitrogen functional groups attached to an aromatic ring is 1. The van der Waals surface area contributed by atoms with Crippen molar-refractivity contribution in [2.45, 2.75) is 26.2 Å². The third-order valence-corrected chi connectivity index (χ3v) is 2.09. The van der Waals surface area contributed by atoms with E-state index >= 15 is 0 Å². The normalized spacial score (nSPS) is 12.1. The van der Waals surface area contributed by atoms with Gasteiger partial charge in [-0.05, 0) is 19.1 Å². The maximum absolute atomic E-state index is 11.2. The predicted molar refractivity (Wildman–Crippen MR) is 58.3 cm³/mol. The van der Waals surface area contributed by atoms with Crippen molar-refractivity contribution in [1.82, 2.24) is 4.98 Å². The van der Waals surface area contributed by atoms with Crippen molar-refractivity contribution in [1.29, 1.82) is 0 Å². The molecule has 1 heterocycles. The van der Waals surface area contributed by atoms with Gasteiger partial charge in [0.05, 0.1) is 13.0 Å². The Kier molecular flexibility index (Phi) is 4.09. The van der Waals surface area contributed by atoms with Gasteiger partial charge in [-0.1, -0.05) is 6.92 Å². The quantitative estimate of drug-likeness (QED) is 0.765. The van der Waals surface area contributed by atoms with E-state index in [1.54, 1.807) is 25.3 Å². The van der Waals surface area contributed by atoms with Crippen LogP contribution in [-0.2, 0) is 9.53 Å². The van der Waals surface area contributed by atoms with Crippen molar-refractivity contribution in [2.24, 2.45) is 0 Å². The molecule has 15 heavy (non-hydrogen) atoms. The molecular formula is C11H16N2O2. The summed E-state index contributed by atoms with van der Waals surface area (Å²) in [5.41, 5.74) is 7.11. The first kappa shape index (κ1) is 11.5. The monoisotopic (exact) mass is 208 g/mol. The Morgan fingerprint density at radius 2 is 2.40 bits per heavy atom. The lowest BCUT2D eigenvalue weighted by molar-refractivity contribution is -0.143. The van der Waals surface area contributed by atoms with Crippen molar-refractivity contribution >= 4 is 11.7 Å². The van der Waals surface area contributed by atoms with E-state index in [0.717, 1.165) is 5.69 Å². The SMILES string of the molecule is CCOC(=O)CC(C)c1cc(N)ccn1. The second-order valence-electron chi connectivity index (χ2n) is 3.42. The molecule has 0 radical (unpaired) electrons. The van der Waals surface area contributed by atoms with Gasteiger partial charge in [0.25, 0.3) is 0 Å².